The summed E-state index contributed by atoms with van der Waals surface area (Å²) >= 11 is 0. The number of benzene rings is 2. The number of nitrogens with zero attached hydrogens (tertiary/aromatic N) is 1. The molecule has 0 bridgehead atoms. The van der Waals surface area contributed by atoms with Gasteiger partial charge in [-0.05, 0) is 47.4 Å². The van der Waals surface area contributed by atoms with Crippen LogP contribution in [0.1, 0.15) is 39.9 Å². The second kappa shape index (κ2) is 6.79. The van der Waals surface area contributed by atoms with Crippen LogP contribution in [-0.4, -0.2) is 31.2 Å². The van der Waals surface area contributed by atoms with Crippen molar-refractivity contribution in [3.8, 4) is 0 Å². The first-order chi connectivity index (χ1) is 12.2. The lowest BCUT2D eigenvalue weighted by molar-refractivity contribution is -0.840. The molecule has 138 valence electrons. The lowest BCUT2D eigenvalue weighted by atomic mass is 9.81. The van der Waals surface area contributed by atoms with E-state index in [2.05, 4.69) is 0 Å². The van der Waals surface area contributed by atoms with Gasteiger partial charge in [-0.1, -0.05) is 18.2 Å². The molecule has 1 atom stereocenters. The molecule has 2 aromatic rings. The highest BCUT2D eigenvalue weighted by molar-refractivity contribution is 5.93. The third kappa shape index (κ3) is 3.62. The molecule has 1 amide bonds. The summed E-state index contributed by atoms with van der Waals surface area (Å²) in [7, 11) is 3.21. The molecule has 5 nitrogen and oxygen atoms in total. The van der Waals surface area contributed by atoms with Gasteiger partial charge in [0.2, 0.25) is 5.91 Å². The Labute approximate surface area is 152 Å². The van der Waals surface area contributed by atoms with Crippen LogP contribution in [0.3, 0.4) is 0 Å². The van der Waals surface area contributed by atoms with E-state index in [4.69, 9.17) is 10.5 Å². The van der Waals surface area contributed by atoms with Gasteiger partial charge in [-0.25, -0.2) is 4.39 Å². The van der Waals surface area contributed by atoms with Crippen LogP contribution in [0.4, 0.5) is 4.39 Å². The van der Waals surface area contributed by atoms with Gasteiger partial charge in [0, 0.05) is 12.0 Å². The largest absolute Gasteiger partial charge is 0.633 e. The number of rotatable bonds is 6. The Morgan fingerprint density at radius 3 is 2.58 bits per heavy atom. The molecular weight excluding hydrogens is 335 g/mol. The molecule has 0 saturated carbocycles. The summed E-state index contributed by atoms with van der Waals surface area (Å²) in [6.45, 7) is 0.782. The molecule has 1 aliphatic heterocycles. The van der Waals surface area contributed by atoms with E-state index < -0.39 is 11.5 Å². The van der Waals surface area contributed by atoms with Gasteiger partial charge in [0.25, 0.3) is 0 Å². The van der Waals surface area contributed by atoms with Gasteiger partial charge in [-0.15, -0.1) is 0 Å². The van der Waals surface area contributed by atoms with Gasteiger partial charge in [-0.3, -0.25) is 4.79 Å². The van der Waals surface area contributed by atoms with Crippen LogP contribution >= 0.6 is 0 Å². The number of amides is 1. The minimum Gasteiger partial charge on any atom is -0.633 e. The zero-order chi connectivity index (χ0) is 18.9. The highest BCUT2D eigenvalue weighted by atomic mass is 19.1. The average Bonchev–Trinajstić information content (AvgIpc) is 2.93. The molecule has 0 radical (unpaired) electrons. The number of carbonyl (C=O) groups excluding carboxylic acids is 1. The Kier molecular flexibility index (Phi) is 4.84. The number of quaternary nitrogens is 1. The zero-order valence-electron chi connectivity index (χ0n) is 15.0. The molecule has 1 unspecified atom stereocenters. The molecule has 1 heterocycles. The molecule has 0 saturated heterocycles. The summed E-state index contributed by atoms with van der Waals surface area (Å²) < 4.78 is 19.2. The van der Waals surface area contributed by atoms with Gasteiger partial charge >= 0.3 is 0 Å². The lowest BCUT2D eigenvalue weighted by Gasteiger charge is -2.36. The summed E-state index contributed by atoms with van der Waals surface area (Å²) in [5.74, 6) is -0.805. The van der Waals surface area contributed by atoms with Gasteiger partial charge in [0.05, 0.1) is 27.2 Å². The van der Waals surface area contributed by atoms with Gasteiger partial charge < -0.3 is 20.3 Å². The summed E-state index contributed by atoms with van der Waals surface area (Å²) in [5, 5.41) is 11.9. The highest BCUT2D eigenvalue weighted by Gasteiger charge is 2.41. The summed E-state index contributed by atoms with van der Waals surface area (Å²) in [5.41, 5.74) is 7.71. The van der Waals surface area contributed by atoms with Crippen LogP contribution in [0.25, 0.3) is 0 Å². The molecule has 1 aliphatic rings. The first-order valence-corrected chi connectivity index (χ1v) is 8.58. The maximum atomic E-state index is 13.4. The molecular formula is C20H23FN2O3. The smallest absolute Gasteiger partial charge is 0.248 e. The van der Waals surface area contributed by atoms with Crippen LogP contribution in [0.15, 0.2) is 42.5 Å². The summed E-state index contributed by atoms with van der Waals surface area (Å²) in [4.78, 5) is 11.5. The molecule has 0 spiro atoms. The number of primary amides is 1. The fourth-order valence-corrected chi connectivity index (χ4v) is 3.56. The van der Waals surface area contributed by atoms with Crippen LogP contribution in [-0.2, 0) is 16.9 Å². The number of hydrogen-bond acceptors (Lipinski definition) is 3. The molecule has 2 aromatic carbocycles. The fraction of sp³-hybridized carbons (Fsp3) is 0.350. The monoisotopic (exact) mass is 358 g/mol. The van der Waals surface area contributed by atoms with Gasteiger partial charge in [0.1, 0.15) is 11.4 Å². The third-order valence-electron chi connectivity index (χ3n) is 4.83. The van der Waals surface area contributed by atoms with Crippen molar-refractivity contribution >= 4 is 5.91 Å². The normalized spacial score (nSPS) is 19.4. The van der Waals surface area contributed by atoms with Crippen molar-refractivity contribution in [1.82, 2.24) is 0 Å². The minimum atomic E-state index is -0.756. The number of hydrogen-bond donors (Lipinski definition) is 1. The SMILES string of the molecule is C[N+](C)([O-])CCCC1(c2ccc(F)cc2)OCc2cc(C(N)=O)ccc21. The second-order valence-corrected chi connectivity index (χ2v) is 7.26. The van der Waals surface area contributed by atoms with Crippen molar-refractivity contribution in [2.45, 2.75) is 25.0 Å². The minimum absolute atomic E-state index is 0.316. The summed E-state index contributed by atoms with van der Waals surface area (Å²) in [6, 6.07) is 11.5. The Morgan fingerprint density at radius 1 is 1.27 bits per heavy atom. The molecule has 3 rings (SSSR count). The Hall–Kier alpha value is -2.28. The van der Waals surface area contributed by atoms with E-state index in [1.807, 2.05) is 6.07 Å². The Balaban J connectivity index is 2.01. The number of halogens is 1. The number of hydroxylamine groups is 3. The topological polar surface area (TPSA) is 75.4 Å². The Morgan fingerprint density at radius 2 is 1.96 bits per heavy atom. The van der Waals surface area contributed by atoms with Crippen molar-refractivity contribution in [2.24, 2.45) is 5.73 Å². The predicted octanol–water partition coefficient (Wildman–Crippen LogP) is 3.05. The highest BCUT2D eigenvalue weighted by Crippen LogP contribution is 2.45. The van der Waals surface area contributed by atoms with Gasteiger partial charge in [0.15, 0.2) is 0 Å². The first kappa shape index (κ1) is 18.5. The van der Waals surface area contributed by atoms with Crippen LogP contribution in [0.5, 0.6) is 0 Å². The molecule has 0 aliphatic carbocycles. The number of fused-ring (bicyclic) bond motifs is 1. The van der Waals surface area contributed by atoms with Crippen LogP contribution < -0.4 is 5.73 Å². The van der Waals surface area contributed by atoms with Crippen molar-refractivity contribution in [3.63, 3.8) is 0 Å². The van der Waals surface area contributed by atoms with Crippen molar-refractivity contribution in [1.29, 1.82) is 0 Å². The molecule has 26 heavy (non-hydrogen) atoms. The molecule has 0 fully saturated rings. The molecule has 6 heteroatoms. The maximum absolute atomic E-state index is 13.4. The Bertz CT molecular complexity index is 815. The molecule has 0 aromatic heterocycles. The van der Waals surface area contributed by atoms with Crippen LogP contribution in [0.2, 0.25) is 0 Å². The average molecular weight is 358 g/mol. The van der Waals surface area contributed by atoms with Gasteiger partial charge in [-0.2, -0.15) is 0 Å². The molecule has 2 N–H and O–H groups in total. The summed E-state index contributed by atoms with van der Waals surface area (Å²) in [6.07, 6.45) is 1.23. The van der Waals surface area contributed by atoms with Crippen molar-refractivity contribution in [3.05, 3.63) is 75.7 Å². The zero-order valence-corrected chi connectivity index (χ0v) is 15.0. The van der Waals surface area contributed by atoms with E-state index in [0.717, 1.165) is 16.7 Å². The first-order valence-electron chi connectivity index (χ1n) is 8.58. The predicted molar refractivity (Wildman–Crippen MR) is 96.5 cm³/mol. The maximum Gasteiger partial charge on any atom is 0.248 e. The van der Waals surface area contributed by atoms with E-state index in [1.54, 1.807) is 38.4 Å². The standard InChI is InChI=1S/C20H23FN2O3/c1-23(2,25)11-3-10-20(16-5-7-17(21)8-6-16)18-9-4-14(19(22)24)12-15(18)13-26-20/h4-9,12H,3,10-11,13H2,1-2H3,(H2,22,24). The number of carbonyl (C=O) groups is 1. The van der Waals surface area contributed by atoms with Crippen molar-refractivity contribution in [2.75, 3.05) is 20.6 Å². The van der Waals surface area contributed by atoms with E-state index in [-0.39, 0.29) is 10.5 Å². The second-order valence-electron chi connectivity index (χ2n) is 7.26. The number of nitrogens with two attached hydrogens (primary N) is 1. The van der Waals surface area contributed by atoms with E-state index in [9.17, 15) is 14.4 Å². The quantitative estimate of drug-likeness (QED) is 0.637. The van der Waals surface area contributed by atoms with E-state index in [1.165, 1.54) is 12.1 Å². The number of ether oxygens (including phenoxy) is 1. The lowest BCUT2D eigenvalue weighted by Crippen LogP contribution is -2.35. The van der Waals surface area contributed by atoms with E-state index in [0.29, 0.717) is 31.6 Å². The van der Waals surface area contributed by atoms with E-state index >= 15 is 0 Å². The van der Waals surface area contributed by atoms with Crippen molar-refractivity contribution < 1.29 is 18.6 Å². The third-order valence-corrected chi connectivity index (χ3v) is 4.83. The fourth-order valence-electron chi connectivity index (χ4n) is 3.56. The van der Waals surface area contributed by atoms with Crippen LogP contribution in [0, 0.1) is 11.0 Å².